The van der Waals surface area contributed by atoms with Gasteiger partial charge in [-0.15, -0.1) is 11.8 Å². The summed E-state index contributed by atoms with van der Waals surface area (Å²) in [5.41, 5.74) is 0.448. The van der Waals surface area contributed by atoms with Crippen molar-refractivity contribution in [1.82, 2.24) is 0 Å². The van der Waals surface area contributed by atoms with Gasteiger partial charge in [0.2, 0.25) is 11.7 Å². The van der Waals surface area contributed by atoms with Gasteiger partial charge < -0.3 is 14.8 Å². The molecule has 5 nitrogen and oxygen atoms in total. The second-order valence-corrected chi connectivity index (χ2v) is 5.04. The molecule has 2 heterocycles. The molecule has 1 aliphatic rings. The standard InChI is InChI=1S/C10H11NO4S/c1-4(2)7-9(12)11-5-3-15-6(10(13)14)8(5)16-7/h3-4,7H,1-2H3,(H,11,12)(H,13,14). The molecule has 1 unspecified atom stereocenters. The van der Waals surface area contributed by atoms with Crippen molar-refractivity contribution in [3.05, 3.63) is 12.0 Å². The normalized spacial score (nSPS) is 19.4. The largest absolute Gasteiger partial charge is 0.475 e. The summed E-state index contributed by atoms with van der Waals surface area (Å²) in [5.74, 6) is -1.20. The highest BCUT2D eigenvalue weighted by molar-refractivity contribution is 8.01. The molecule has 86 valence electrons. The Kier molecular flexibility index (Phi) is 2.67. The van der Waals surface area contributed by atoms with Gasteiger partial charge in [0, 0.05) is 0 Å². The number of carboxylic acids is 1. The number of amides is 1. The van der Waals surface area contributed by atoms with Gasteiger partial charge in [-0.05, 0) is 5.92 Å². The predicted octanol–water partition coefficient (Wildman–Crippen LogP) is 2.05. The van der Waals surface area contributed by atoms with Crippen LogP contribution in [0.4, 0.5) is 5.69 Å². The number of rotatable bonds is 2. The summed E-state index contributed by atoms with van der Waals surface area (Å²) in [5, 5.41) is 11.3. The zero-order valence-electron chi connectivity index (χ0n) is 8.81. The monoisotopic (exact) mass is 241 g/mol. The van der Waals surface area contributed by atoms with Crippen molar-refractivity contribution in [3.8, 4) is 0 Å². The molecule has 1 aliphatic heterocycles. The van der Waals surface area contributed by atoms with Gasteiger partial charge in [-0.25, -0.2) is 4.79 Å². The zero-order chi connectivity index (χ0) is 11.9. The second kappa shape index (κ2) is 3.86. The summed E-state index contributed by atoms with van der Waals surface area (Å²) in [7, 11) is 0. The second-order valence-electron chi connectivity index (χ2n) is 3.88. The number of fused-ring (bicyclic) bond motifs is 1. The van der Waals surface area contributed by atoms with Crippen LogP contribution in [0.25, 0.3) is 0 Å². The molecular weight excluding hydrogens is 230 g/mol. The van der Waals surface area contributed by atoms with Gasteiger partial charge in [-0.3, -0.25) is 4.79 Å². The molecule has 0 radical (unpaired) electrons. The van der Waals surface area contributed by atoms with Crippen molar-refractivity contribution in [2.45, 2.75) is 24.0 Å². The van der Waals surface area contributed by atoms with Gasteiger partial charge in [0.25, 0.3) is 0 Å². The van der Waals surface area contributed by atoms with E-state index >= 15 is 0 Å². The minimum absolute atomic E-state index is 0.106. The number of furan rings is 1. The van der Waals surface area contributed by atoms with E-state index in [4.69, 9.17) is 9.52 Å². The highest BCUT2D eigenvalue weighted by Crippen LogP contribution is 2.41. The van der Waals surface area contributed by atoms with Crippen LogP contribution in [-0.4, -0.2) is 22.2 Å². The quantitative estimate of drug-likeness (QED) is 0.828. The van der Waals surface area contributed by atoms with Crippen molar-refractivity contribution in [1.29, 1.82) is 0 Å². The van der Waals surface area contributed by atoms with Crippen molar-refractivity contribution in [2.24, 2.45) is 5.92 Å². The van der Waals surface area contributed by atoms with Crippen molar-refractivity contribution >= 4 is 29.3 Å². The molecule has 0 saturated carbocycles. The first-order valence-corrected chi connectivity index (χ1v) is 5.71. The SMILES string of the molecule is CC(C)C1Sc2c(coc2C(=O)O)NC1=O. The van der Waals surface area contributed by atoms with Crippen molar-refractivity contribution < 1.29 is 19.1 Å². The summed E-state index contributed by atoms with van der Waals surface area (Å²) < 4.78 is 4.92. The Morgan fingerprint density at radius 1 is 1.62 bits per heavy atom. The average Bonchev–Trinajstić information content (AvgIpc) is 2.58. The highest BCUT2D eigenvalue weighted by Gasteiger charge is 2.34. The van der Waals surface area contributed by atoms with E-state index in [0.717, 1.165) is 0 Å². The maximum Gasteiger partial charge on any atom is 0.373 e. The predicted molar refractivity (Wildman–Crippen MR) is 58.8 cm³/mol. The van der Waals surface area contributed by atoms with Crippen LogP contribution in [0.15, 0.2) is 15.6 Å². The molecular formula is C10H11NO4S. The minimum Gasteiger partial charge on any atom is -0.475 e. The number of hydrogen-bond acceptors (Lipinski definition) is 4. The van der Waals surface area contributed by atoms with E-state index in [1.54, 1.807) is 0 Å². The van der Waals surface area contributed by atoms with E-state index in [-0.39, 0.29) is 22.8 Å². The molecule has 0 bridgehead atoms. The molecule has 1 amide bonds. The van der Waals surface area contributed by atoms with Crippen LogP contribution in [0.3, 0.4) is 0 Å². The van der Waals surface area contributed by atoms with Gasteiger partial charge in [0.05, 0.1) is 15.8 Å². The molecule has 0 fully saturated rings. The third-order valence-corrected chi connectivity index (χ3v) is 3.96. The van der Waals surface area contributed by atoms with Crippen LogP contribution in [-0.2, 0) is 4.79 Å². The van der Waals surface area contributed by atoms with E-state index in [1.165, 1.54) is 18.0 Å². The van der Waals surface area contributed by atoms with E-state index < -0.39 is 5.97 Å². The lowest BCUT2D eigenvalue weighted by Gasteiger charge is -2.23. The number of nitrogens with one attached hydrogen (secondary N) is 1. The Labute approximate surface area is 96.2 Å². The number of thioether (sulfide) groups is 1. The third-order valence-electron chi connectivity index (χ3n) is 2.31. The third kappa shape index (κ3) is 1.69. The molecule has 1 aromatic rings. The van der Waals surface area contributed by atoms with Crippen LogP contribution in [0.2, 0.25) is 0 Å². The summed E-state index contributed by atoms with van der Waals surface area (Å²) in [6, 6.07) is 0. The lowest BCUT2D eigenvalue weighted by Crippen LogP contribution is -2.32. The van der Waals surface area contributed by atoms with Crippen molar-refractivity contribution in [2.75, 3.05) is 5.32 Å². The minimum atomic E-state index is -1.12. The molecule has 2 rings (SSSR count). The summed E-state index contributed by atoms with van der Waals surface area (Å²) >= 11 is 1.25. The maximum atomic E-state index is 11.7. The van der Waals surface area contributed by atoms with Crippen LogP contribution in [0, 0.1) is 5.92 Å². The van der Waals surface area contributed by atoms with E-state index in [2.05, 4.69) is 5.32 Å². The van der Waals surface area contributed by atoms with E-state index in [9.17, 15) is 9.59 Å². The Bertz CT molecular complexity index is 452. The fourth-order valence-corrected chi connectivity index (χ4v) is 2.68. The number of carboxylic acid groups (broad SMARTS) is 1. The summed E-state index contributed by atoms with van der Waals surface area (Å²) in [6.07, 6.45) is 1.26. The number of anilines is 1. The fraction of sp³-hybridized carbons (Fsp3) is 0.400. The van der Waals surface area contributed by atoms with Crippen molar-refractivity contribution in [3.63, 3.8) is 0 Å². The number of aromatic carboxylic acids is 1. The Balaban J connectivity index is 2.39. The Hall–Kier alpha value is -1.43. The first-order valence-electron chi connectivity index (χ1n) is 4.83. The molecule has 1 aromatic heterocycles. The first kappa shape index (κ1) is 11.1. The number of carbonyl (C=O) groups excluding carboxylic acids is 1. The highest BCUT2D eigenvalue weighted by atomic mass is 32.2. The van der Waals surface area contributed by atoms with Gasteiger partial charge >= 0.3 is 5.97 Å². The van der Waals surface area contributed by atoms with Gasteiger partial charge in [-0.1, -0.05) is 13.8 Å². The lowest BCUT2D eigenvalue weighted by atomic mass is 10.1. The smallest absolute Gasteiger partial charge is 0.373 e. The average molecular weight is 241 g/mol. The van der Waals surface area contributed by atoms with Crippen LogP contribution in [0.1, 0.15) is 24.4 Å². The molecule has 0 aromatic carbocycles. The number of carbonyl (C=O) groups is 2. The molecule has 1 atom stereocenters. The summed E-state index contributed by atoms with van der Waals surface area (Å²) in [6.45, 7) is 3.84. The van der Waals surface area contributed by atoms with Gasteiger partial charge in [-0.2, -0.15) is 0 Å². The van der Waals surface area contributed by atoms with Gasteiger partial charge in [0.1, 0.15) is 6.26 Å². The van der Waals surface area contributed by atoms with Crippen LogP contribution in [0.5, 0.6) is 0 Å². The first-order chi connectivity index (χ1) is 7.50. The molecule has 0 aliphatic carbocycles. The molecule has 0 spiro atoms. The zero-order valence-corrected chi connectivity index (χ0v) is 9.63. The Morgan fingerprint density at radius 2 is 2.31 bits per heavy atom. The Morgan fingerprint density at radius 3 is 2.88 bits per heavy atom. The molecule has 16 heavy (non-hydrogen) atoms. The maximum absolute atomic E-state index is 11.7. The molecule has 6 heteroatoms. The summed E-state index contributed by atoms with van der Waals surface area (Å²) in [4.78, 5) is 23.0. The van der Waals surface area contributed by atoms with E-state index in [1.807, 2.05) is 13.8 Å². The lowest BCUT2D eigenvalue weighted by molar-refractivity contribution is -0.116. The van der Waals surface area contributed by atoms with Crippen LogP contribution < -0.4 is 5.32 Å². The molecule has 0 saturated heterocycles. The van der Waals surface area contributed by atoms with E-state index in [0.29, 0.717) is 10.6 Å². The van der Waals surface area contributed by atoms with Gasteiger partial charge in [0.15, 0.2) is 0 Å². The topological polar surface area (TPSA) is 79.5 Å². The molecule has 2 N–H and O–H groups in total. The van der Waals surface area contributed by atoms with Crippen LogP contribution >= 0.6 is 11.8 Å². The fourth-order valence-electron chi connectivity index (χ4n) is 1.52. The number of hydrogen-bond donors (Lipinski definition) is 2.